The van der Waals surface area contributed by atoms with E-state index in [1.54, 1.807) is 0 Å². The number of hydrogen-bond acceptors (Lipinski definition) is 2. The van der Waals surface area contributed by atoms with Crippen molar-refractivity contribution in [3.8, 4) is 0 Å². The van der Waals surface area contributed by atoms with Crippen molar-refractivity contribution in [2.45, 2.75) is 45.2 Å². The summed E-state index contributed by atoms with van der Waals surface area (Å²) in [6, 6.07) is 7.10. The molecule has 0 amide bonds. The fraction of sp³-hybridized carbons (Fsp3) is 0.500. The van der Waals surface area contributed by atoms with Gasteiger partial charge in [0.05, 0.1) is 0 Å². The topological polar surface area (TPSA) is 49.3 Å². The van der Waals surface area contributed by atoms with Crippen LogP contribution in [0.1, 0.15) is 44.7 Å². The minimum Gasteiger partial charge on any atom is -0.480 e. The van der Waals surface area contributed by atoms with Crippen molar-refractivity contribution in [3.63, 3.8) is 0 Å². The number of halogens is 1. The molecule has 0 aliphatic heterocycles. The van der Waals surface area contributed by atoms with Crippen LogP contribution in [0.3, 0.4) is 0 Å². The zero-order chi connectivity index (χ0) is 13.5. The highest BCUT2D eigenvalue weighted by molar-refractivity contribution is 6.30. The van der Waals surface area contributed by atoms with Crippen LogP contribution in [0.2, 0.25) is 5.02 Å². The Morgan fingerprint density at radius 1 is 1.33 bits per heavy atom. The lowest BCUT2D eigenvalue weighted by Crippen LogP contribution is -2.38. The van der Waals surface area contributed by atoms with Crippen LogP contribution < -0.4 is 5.32 Å². The van der Waals surface area contributed by atoms with E-state index >= 15 is 0 Å². The molecule has 0 spiro atoms. The molecule has 0 radical (unpaired) electrons. The van der Waals surface area contributed by atoms with Crippen LogP contribution in [-0.2, 0) is 4.79 Å². The Labute approximate surface area is 113 Å². The number of rotatable bonds is 7. The Hall–Kier alpha value is -1.06. The summed E-state index contributed by atoms with van der Waals surface area (Å²) >= 11 is 5.85. The summed E-state index contributed by atoms with van der Waals surface area (Å²) in [4.78, 5) is 11.1. The van der Waals surface area contributed by atoms with Gasteiger partial charge in [-0.15, -0.1) is 0 Å². The molecule has 0 fully saturated rings. The number of hydrogen-bond donors (Lipinski definition) is 2. The Balaban J connectivity index is 2.76. The normalized spacial score (nSPS) is 14.2. The molecule has 0 bridgehead atoms. The SMILES string of the molecule is CCCC(NC(CC)c1ccc(Cl)cc1)C(=O)O. The van der Waals surface area contributed by atoms with Crippen LogP contribution in [0.5, 0.6) is 0 Å². The quantitative estimate of drug-likeness (QED) is 0.795. The summed E-state index contributed by atoms with van der Waals surface area (Å²) < 4.78 is 0. The average Bonchev–Trinajstić information content (AvgIpc) is 2.35. The van der Waals surface area contributed by atoms with Crippen LogP contribution in [0, 0.1) is 0 Å². The third-order valence-corrected chi connectivity index (χ3v) is 3.21. The van der Waals surface area contributed by atoms with Crippen molar-refractivity contribution in [2.75, 3.05) is 0 Å². The van der Waals surface area contributed by atoms with Crippen LogP contribution in [-0.4, -0.2) is 17.1 Å². The van der Waals surface area contributed by atoms with Crippen molar-refractivity contribution in [1.29, 1.82) is 0 Å². The molecule has 1 rings (SSSR count). The van der Waals surface area contributed by atoms with E-state index in [0.717, 1.165) is 18.4 Å². The van der Waals surface area contributed by atoms with Gasteiger partial charge in [-0.25, -0.2) is 0 Å². The Morgan fingerprint density at radius 2 is 1.94 bits per heavy atom. The van der Waals surface area contributed by atoms with Gasteiger partial charge in [-0.3, -0.25) is 10.1 Å². The van der Waals surface area contributed by atoms with Gasteiger partial charge in [-0.05, 0) is 30.5 Å². The summed E-state index contributed by atoms with van der Waals surface area (Å²) in [6.07, 6.45) is 2.33. The summed E-state index contributed by atoms with van der Waals surface area (Å²) in [5.41, 5.74) is 1.07. The highest BCUT2D eigenvalue weighted by Crippen LogP contribution is 2.20. The molecule has 0 saturated carbocycles. The molecule has 100 valence electrons. The Kier molecular flexibility index (Phi) is 6.16. The van der Waals surface area contributed by atoms with Gasteiger partial charge in [-0.1, -0.05) is 44.0 Å². The molecule has 0 heterocycles. The van der Waals surface area contributed by atoms with Gasteiger partial charge in [-0.2, -0.15) is 0 Å². The summed E-state index contributed by atoms with van der Waals surface area (Å²) in [7, 11) is 0. The van der Waals surface area contributed by atoms with Crippen molar-refractivity contribution in [2.24, 2.45) is 0 Å². The van der Waals surface area contributed by atoms with Gasteiger partial charge in [0.15, 0.2) is 0 Å². The predicted octanol–water partition coefficient (Wildman–Crippen LogP) is 3.63. The maximum absolute atomic E-state index is 11.1. The molecule has 0 saturated heterocycles. The van der Waals surface area contributed by atoms with E-state index in [2.05, 4.69) is 5.32 Å². The number of carbonyl (C=O) groups is 1. The lowest BCUT2D eigenvalue weighted by Gasteiger charge is -2.22. The lowest BCUT2D eigenvalue weighted by molar-refractivity contribution is -0.139. The number of nitrogens with one attached hydrogen (secondary N) is 1. The van der Waals surface area contributed by atoms with Crippen molar-refractivity contribution in [3.05, 3.63) is 34.9 Å². The summed E-state index contributed by atoms with van der Waals surface area (Å²) in [5, 5.41) is 13.0. The van der Waals surface area contributed by atoms with E-state index in [1.165, 1.54) is 0 Å². The largest absolute Gasteiger partial charge is 0.480 e. The van der Waals surface area contributed by atoms with Gasteiger partial charge in [0, 0.05) is 11.1 Å². The third kappa shape index (κ3) is 4.31. The second-order valence-electron chi connectivity index (χ2n) is 4.36. The molecule has 3 nitrogen and oxygen atoms in total. The fourth-order valence-electron chi connectivity index (χ4n) is 1.95. The Bertz CT molecular complexity index is 378. The second kappa shape index (κ2) is 7.39. The van der Waals surface area contributed by atoms with Gasteiger partial charge in [0.25, 0.3) is 0 Å². The highest BCUT2D eigenvalue weighted by Gasteiger charge is 2.20. The maximum atomic E-state index is 11.1. The van der Waals surface area contributed by atoms with Gasteiger partial charge in [0.2, 0.25) is 0 Å². The van der Waals surface area contributed by atoms with Crippen molar-refractivity contribution < 1.29 is 9.90 Å². The number of carboxylic acids is 1. The first-order chi connectivity index (χ1) is 8.58. The van der Waals surface area contributed by atoms with E-state index in [0.29, 0.717) is 11.4 Å². The van der Waals surface area contributed by atoms with Crippen LogP contribution in [0.4, 0.5) is 0 Å². The van der Waals surface area contributed by atoms with Crippen molar-refractivity contribution >= 4 is 17.6 Å². The molecule has 2 unspecified atom stereocenters. The molecule has 0 aliphatic carbocycles. The van der Waals surface area contributed by atoms with E-state index < -0.39 is 12.0 Å². The monoisotopic (exact) mass is 269 g/mol. The molecule has 1 aromatic rings. The predicted molar refractivity (Wildman–Crippen MR) is 74.0 cm³/mol. The minimum absolute atomic E-state index is 0.0508. The highest BCUT2D eigenvalue weighted by atomic mass is 35.5. The molecule has 18 heavy (non-hydrogen) atoms. The maximum Gasteiger partial charge on any atom is 0.320 e. The number of aliphatic carboxylic acids is 1. The first kappa shape index (κ1) is 15.0. The van der Waals surface area contributed by atoms with E-state index in [1.807, 2.05) is 38.1 Å². The summed E-state index contributed by atoms with van der Waals surface area (Å²) in [6.45, 7) is 4.03. The molecule has 0 aliphatic rings. The van der Waals surface area contributed by atoms with Gasteiger partial charge in [0.1, 0.15) is 6.04 Å². The minimum atomic E-state index is -0.788. The molecular formula is C14H20ClNO2. The molecule has 2 N–H and O–H groups in total. The smallest absolute Gasteiger partial charge is 0.320 e. The first-order valence-electron chi connectivity index (χ1n) is 6.32. The zero-order valence-corrected chi connectivity index (χ0v) is 11.6. The van der Waals surface area contributed by atoms with E-state index in [4.69, 9.17) is 16.7 Å². The van der Waals surface area contributed by atoms with Gasteiger partial charge >= 0.3 is 5.97 Å². The van der Waals surface area contributed by atoms with E-state index in [9.17, 15) is 4.79 Å². The Morgan fingerprint density at radius 3 is 2.39 bits per heavy atom. The lowest BCUT2D eigenvalue weighted by atomic mass is 10.0. The molecular weight excluding hydrogens is 250 g/mol. The molecule has 0 aromatic heterocycles. The second-order valence-corrected chi connectivity index (χ2v) is 4.79. The molecule has 1 aromatic carbocycles. The van der Waals surface area contributed by atoms with Gasteiger partial charge < -0.3 is 5.11 Å². The zero-order valence-electron chi connectivity index (χ0n) is 10.8. The van der Waals surface area contributed by atoms with Crippen LogP contribution in [0.15, 0.2) is 24.3 Å². The summed E-state index contributed by atoms with van der Waals surface area (Å²) in [5.74, 6) is -0.788. The fourth-order valence-corrected chi connectivity index (χ4v) is 2.08. The number of benzene rings is 1. The third-order valence-electron chi connectivity index (χ3n) is 2.96. The van der Waals surface area contributed by atoms with E-state index in [-0.39, 0.29) is 6.04 Å². The standard InChI is InChI=1S/C14H20ClNO2/c1-3-5-13(14(17)18)16-12(4-2)10-6-8-11(15)9-7-10/h6-9,12-13,16H,3-5H2,1-2H3,(H,17,18). The average molecular weight is 270 g/mol. The van der Waals surface area contributed by atoms with Crippen LogP contribution >= 0.6 is 11.6 Å². The molecule has 4 heteroatoms. The number of carboxylic acid groups (broad SMARTS) is 1. The van der Waals surface area contributed by atoms with Crippen molar-refractivity contribution in [1.82, 2.24) is 5.32 Å². The molecule has 2 atom stereocenters. The van der Waals surface area contributed by atoms with Crippen LogP contribution in [0.25, 0.3) is 0 Å². The first-order valence-corrected chi connectivity index (χ1v) is 6.70.